The van der Waals surface area contributed by atoms with Crippen LogP contribution in [-0.2, 0) is 4.79 Å². The summed E-state index contributed by atoms with van der Waals surface area (Å²) in [7, 11) is 0. The Morgan fingerprint density at radius 3 is 2.50 bits per heavy atom. The van der Waals surface area contributed by atoms with Gasteiger partial charge in [0, 0.05) is 56.6 Å². The first-order chi connectivity index (χ1) is 11.7. The fourth-order valence-corrected chi connectivity index (χ4v) is 3.43. The van der Waals surface area contributed by atoms with E-state index >= 15 is 0 Å². The number of benzene rings is 1. The molecule has 1 unspecified atom stereocenters. The number of rotatable bonds is 5. The number of carbonyl (C=O) groups excluding carboxylic acids is 1. The van der Waals surface area contributed by atoms with E-state index in [0.717, 1.165) is 50.5 Å². The van der Waals surface area contributed by atoms with Crippen LogP contribution in [0.4, 0.5) is 0 Å². The zero-order valence-electron chi connectivity index (χ0n) is 13.6. The summed E-state index contributed by atoms with van der Waals surface area (Å²) >= 11 is 5.96. The Hall–Kier alpha value is -1.47. The molecule has 7 heteroatoms. The maximum atomic E-state index is 11.8. The lowest BCUT2D eigenvalue weighted by Gasteiger charge is -2.36. The third-order valence-electron chi connectivity index (χ3n) is 4.62. The van der Waals surface area contributed by atoms with Gasteiger partial charge in [0.1, 0.15) is 0 Å². The Kier molecular flexibility index (Phi) is 5.84. The average molecular weight is 351 g/mol. The minimum absolute atomic E-state index is 0.0309. The number of β-amino-alcohol motifs (C(OH)–C–C–N with tert-alkyl or cyclic N) is 1. The molecule has 130 valence electrons. The number of aliphatic hydroxyl groups excluding tert-OH is 1. The molecular formula is C17H23ClN4O2. The number of nitrogens with zero attached hydrogens (tertiary/aromatic N) is 3. The molecule has 0 spiro atoms. The van der Waals surface area contributed by atoms with Crippen LogP contribution in [0.2, 0.25) is 5.02 Å². The third kappa shape index (κ3) is 4.33. The average Bonchev–Trinajstić information content (AvgIpc) is 2.58. The Labute approximate surface area is 147 Å². The molecule has 2 aliphatic heterocycles. The zero-order valence-corrected chi connectivity index (χ0v) is 14.4. The molecular weight excluding hydrogens is 328 g/mol. The number of nitrogens with one attached hydrogen (secondary N) is 1. The zero-order chi connectivity index (χ0) is 16.9. The molecule has 0 bridgehead atoms. The first-order valence-corrected chi connectivity index (χ1v) is 8.71. The van der Waals surface area contributed by atoms with Crippen molar-refractivity contribution >= 4 is 23.2 Å². The fourth-order valence-electron chi connectivity index (χ4n) is 3.30. The van der Waals surface area contributed by atoms with Gasteiger partial charge in [-0.2, -0.15) is 5.10 Å². The van der Waals surface area contributed by atoms with E-state index in [4.69, 9.17) is 16.7 Å². The van der Waals surface area contributed by atoms with Crippen LogP contribution in [0.15, 0.2) is 29.4 Å². The lowest BCUT2D eigenvalue weighted by Crippen LogP contribution is -2.50. The topological polar surface area (TPSA) is 68.2 Å². The van der Waals surface area contributed by atoms with Crippen LogP contribution in [0.25, 0.3) is 0 Å². The molecule has 1 atom stereocenters. The highest BCUT2D eigenvalue weighted by atomic mass is 35.5. The molecule has 0 aliphatic carbocycles. The van der Waals surface area contributed by atoms with Gasteiger partial charge < -0.3 is 10.0 Å². The van der Waals surface area contributed by atoms with Crippen molar-refractivity contribution in [1.29, 1.82) is 0 Å². The van der Waals surface area contributed by atoms with Crippen LogP contribution in [0, 0.1) is 5.92 Å². The molecule has 1 saturated heterocycles. The van der Waals surface area contributed by atoms with E-state index in [9.17, 15) is 4.79 Å². The Morgan fingerprint density at radius 1 is 1.17 bits per heavy atom. The maximum Gasteiger partial charge on any atom is 0.240 e. The molecule has 1 amide bonds. The highest BCUT2D eigenvalue weighted by Crippen LogP contribution is 2.20. The van der Waals surface area contributed by atoms with Gasteiger partial charge in [-0.3, -0.25) is 9.69 Å². The molecule has 1 aromatic rings. The predicted octanol–water partition coefficient (Wildman–Crippen LogP) is 0.790. The molecule has 1 aromatic carbocycles. The number of hydrazone groups is 1. The largest absolute Gasteiger partial charge is 0.395 e. The number of piperazine rings is 1. The number of hydrogen-bond acceptors (Lipinski definition) is 5. The first-order valence-electron chi connectivity index (χ1n) is 8.33. The normalized spacial score (nSPS) is 23.0. The number of halogens is 1. The summed E-state index contributed by atoms with van der Waals surface area (Å²) in [6.07, 6.45) is 0.457. The van der Waals surface area contributed by atoms with E-state index in [-0.39, 0.29) is 18.4 Å². The van der Waals surface area contributed by atoms with Crippen LogP contribution in [0.1, 0.15) is 12.0 Å². The second kappa shape index (κ2) is 8.07. The summed E-state index contributed by atoms with van der Waals surface area (Å²) < 4.78 is 0. The fraction of sp³-hybridized carbons (Fsp3) is 0.529. The van der Waals surface area contributed by atoms with Gasteiger partial charge >= 0.3 is 0 Å². The third-order valence-corrected chi connectivity index (χ3v) is 4.87. The van der Waals surface area contributed by atoms with Crippen LogP contribution < -0.4 is 5.43 Å². The van der Waals surface area contributed by atoms with Gasteiger partial charge in [0.2, 0.25) is 5.91 Å². The van der Waals surface area contributed by atoms with E-state index in [1.54, 1.807) is 0 Å². The summed E-state index contributed by atoms with van der Waals surface area (Å²) in [5, 5.41) is 14.0. The van der Waals surface area contributed by atoms with Gasteiger partial charge in [0.05, 0.1) is 12.3 Å². The van der Waals surface area contributed by atoms with Gasteiger partial charge in [-0.1, -0.05) is 23.7 Å². The monoisotopic (exact) mass is 350 g/mol. The van der Waals surface area contributed by atoms with Crippen LogP contribution in [0.3, 0.4) is 0 Å². The van der Waals surface area contributed by atoms with Crippen molar-refractivity contribution in [2.24, 2.45) is 11.0 Å². The van der Waals surface area contributed by atoms with Gasteiger partial charge in [-0.25, -0.2) is 5.43 Å². The van der Waals surface area contributed by atoms with Gasteiger partial charge in [0.25, 0.3) is 0 Å². The number of aliphatic hydroxyl groups is 1. The second-order valence-electron chi connectivity index (χ2n) is 6.31. The quantitative estimate of drug-likeness (QED) is 0.824. The number of amides is 1. The van der Waals surface area contributed by atoms with Crippen molar-refractivity contribution in [3.63, 3.8) is 0 Å². The number of carbonyl (C=O) groups is 1. The van der Waals surface area contributed by atoms with Crippen LogP contribution in [0.5, 0.6) is 0 Å². The van der Waals surface area contributed by atoms with E-state index < -0.39 is 0 Å². The molecule has 2 N–H and O–H groups in total. The van der Waals surface area contributed by atoms with Crippen molar-refractivity contribution < 1.29 is 9.90 Å². The molecule has 6 nitrogen and oxygen atoms in total. The smallest absolute Gasteiger partial charge is 0.240 e. The van der Waals surface area contributed by atoms with E-state index in [1.165, 1.54) is 0 Å². The highest BCUT2D eigenvalue weighted by Gasteiger charge is 2.28. The number of hydrogen-bond donors (Lipinski definition) is 2. The standard InChI is InChI=1S/C17H23ClN4O2/c18-15-3-1-13(2-4-15)17-14(11-16(24)19-20-17)12-22-7-5-21(6-8-22)9-10-23/h1-4,14,23H,5-12H2,(H,19,24). The van der Waals surface area contributed by atoms with Crippen molar-refractivity contribution in [3.8, 4) is 0 Å². The Bertz CT molecular complexity index is 597. The molecule has 0 aromatic heterocycles. The van der Waals surface area contributed by atoms with Crippen molar-refractivity contribution in [3.05, 3.63) is 34.9 Å². The minimum Gasteiger partial charge on any atom is -0.395 e. The summed E-state index contributed by atoms with van der Waals surface area (Å²) in [6, 6.07) is 7.59. The molecule has 3 rings (SSSR count). The molecule has 2 heterocycles. The second-order valence-corrected chi connectivity index (χ2v) is 6.74. The first kappa shape index (κ1) is 17.4. The Morgan fingerprint density at radius 2 is 1.83 bits per heavy atom. The summed E-state index contributed by atoms with van der Waals surface area (Å²) in [5.41, 5.74) is 4.52. The summed E-state index contributed by atoms with van der Waals surface area (Å²) in [5.74, 6) is 0.0564. The minimum atomic E-state index is -0.0309. The van der Waals surface area contributed by atoms with Crippen molar-refractivity contribution in [1.82, 2.24) is 15.2 Å². The predicted molar refractivity (Wildman–Crippen MR) is 94.2 cm³/mol. The highest BCUT2D eigenvalue weighted by molar-refractivity contribution is 6.30. The maximum absolute atomic E-state index is 11.8. The van der Waals surface area contributed by atoms with Crippen molar-refractivity contribution in [2.75, 3.05) is 45.9 Å². The van der Waals surface area contributed by atoms with E-state index in [2.05, 4.69) is 20.3 Å². The van der Waals surface area contributed by atoms with Gasteiger partial charge in [-0.15, -0.1) is 0 Å². The molecule has 1 fully saturated rings. The summed E-state index contributed by atoms with van der Waals surface area (Å²) in [4.78, 5) is 16.4. The van der Waals surface area contributed by atoms with Gasteiger partial charge in [0.15, 0.2) is 0 Å². The molecule has 2 aliphatic rings. The SMILES string of the molecule is O=C1CC(CN2CCN(CCO)CC2)C(c2ccc(Cl)cc2)=NN1. The van der Waals surface area contributed by atoms with Crippen LogP contribution >= 0.6 is 11.6 Å². The molecule has 0 radical (unpaired) electrons. The van der Waals surface area contributed by atoms with Crippen molar-refractivity contribution in [2.45, 2.75) is 6.42 Å². The lowest BCUT2D eigenvalue weighted by atomic mass is 9.91. The molecule has 0 saturated carbocycles. The van der Waals surface area contributed by atoms with E-state index in [0.29, 0.717) is 11.4 Å². The molecule has 24 heavy (non-hydrogen) atoms. The van der Waals surface area contributed by atoms with E-state index in [1.807, 2.05) is 24.3 Å². The van der Waals surface area contributed by atoms with Gasteiger partial charge in [-0.05, 0) is 17.7 Å². The lowest BCUT2D eigenvalue weighted by molar-refractivity contribution is -0.122. The van der Waals surface area contributed by atoms with Crippen LogP contribution in [-0.4, -0.2) is 72.4 Å². The summed E-state index contributed by atoms with van der Waals surface area (Å²) in [6.45, 7) is 5.56. The Balaban J connectivity index is 1.66.